The highest BCUT2D eigenvalue weighted by Gasteiger charge is 2.47. The smallest absolute Gasteiger partial charge is 0.394 e. The van der Waals surface area contributed by atoms with Gasteiger partial charge in [-0.15, -0.1) is 0 Å². The summed E-state index contributed by atoms with van der Waals surface area (Å²) in [6, 6.07) is -1.34. The Hall–Kier alpha value is -0.580. The second-order valence-corrected chi connectivity index (χ2v) is 5.22. The molecule has 1 rings (SSSR count). The van der Waals surface area contributed by atoms with Gasteiger partial charge >= 0.3 is 7.82 Å². The Morgan fingerprint density at radius 2 is 2.00 bits per heavy atom. The molecule has 112 valence electrons. The Morgan fingerprint density at radius 1 is 1.42 bits per heavy atom. The van der Waals surface area contributed by atoms with Gasteiger partial charge in [0.1, 0.15) is 24.4 Å². The quantitative estimate of drug-likeness (QED) is 0.297. The number of carbonyl (C=O) groups excluding carboxylic acids is 1. The molecule has 10 nitrogen and oxygen atoms in total. The molecule has 1 aliphatic rings. The van der Waals surface area contributed by atoms with Crippen molar-refractivity contribution < 1.29 is 43.7 Å². The second-order valence-electron chi connectivity index (χ2n) is 4.03. The first kappa shape index (κ1) is 16.5. The molecule has 0 aromatic carbocycles. The van der Waals surface area contributed by atoms with Gasteiger partial charge in [0.25, 0.3) is 0 Å². The standard InChI is InChI=1S/C8H16NO9P/c1-3(11)9-5-6(12)7(18-19(14,15)16)4(2-10)17-8(5)13/h4-8,10,12-13H,2H2,1H3,(H,9,11)(H2,14,15,16). The van der Waals surface area contributed by atoms with E-state index in [1.807, 2.05) is 0 Å². The normalized spacial score (nSPS) is 36.0. The van der Waals surface area contributed by atoms with E-state index in [4.69, 9.17) is 19.6 Å². The van der Waals surface area contributed by atoms with Crippen molar-refractivity contribution in [2.45, 2.75) is 37.6 Å². The van der Waals surface area contributed by atoms with E-state index in [2.05, 4.69) is 9.84 Å². The number of nitrogens with one attached hydrogen (secondary N) is 1. The highest BCUT2D eigenvalue weighted by atomic mass is 31.2. The van der Waals surface area contributed by atoms with Gasteiger partial charge in [0.2, 0.25) is 5.91 Å². The summed E-state index contributed by atoms with van der Waals surface area (Å²) in [6.45, 7) is 0.377. The number of phosphoric ester groups is 1. The van der Waals surface area contributed by atoms with Crippen molar-refractivity contribution in [2.75, 3.05) is 6.61 Å². The maximum absolute atomic E-state index is 10.9. The van der Waals surface area contributed by atoms with E-state index in [1.165, 1.54) is 0 Å². The van der Waals surface area contributed by atoms with E-state index >= 15 is 0 Å². The highest BCUT2D eigenvalue weighted by Crippen LogP contribution is 2.41. The van der Waals surface area contributed by atoms with Crippen LogP contribution in [0.1, 0.15) is 6.92 Å². The van der Waals surface area contributed by atoms with Gasteiger partial charge in [0.05, 0.1) is 6.61 Å². The van der Waals surface area contributed by atoms with Crippen molar-refractivity contribution in [1.29, 1.82) is 0 Å². The van der Waals surface area contributed by atoms with Crippen LogP contribution in [0.4, 0.5) is 0 Å². The molecule has 5 atom stereocenters. The van der Waals surface area contributed by atoms with Gasteiger partial charge in [-0.2, -0.15) is 0 Å². The minimum absolute atomic E-state index is 0.593. The summed E-state index contributed by atoms with van der Waals surface area (Å²) in [5, 5.41) is 30.6. The van der Waals surface area contributed by atoms with Gasteiger partial charge in [0.15, 0.2) is 6.29 Å². The van der Waals surface area contributed by atoms with E-state index in [1.54, 1.807) is 0 Å². The zero-order chi connectivity index (χ0) is 14.8. The predicted molar refractivity (Wildman–Crippen MR) is 58.5 cm³/mol. The van der Waals surface area contributed by atoms with Crippen LogP contribution in [0.2, 0.25) is 0 Å². The van der Waals surface area contributed by atoms with Crippen LogP contribution < -0.4 is 5.32 Å². The number of amides is 1. The molecular weight excluding hydrogens is 285 g/mol. The Morgan fingerprint density at radius 3 is 2.42 bits per heavy atom. The van der Waals surface area contributed by atoms with Crippen molar-refractivity contribution >= 4 is 13.7 Å². The molecule has 1 amide bonds. The molecule has 0 aliphatic carbocycles. The van der Waals surface area contributed by atoms with E-state index in [-0.39, 0.29) is 0 Å². The van der Waals surface area contributed by atoms with Crippen LogP contribution in [0.5, 0.6) is 0 Å². The third-order valence-corrected chi connectivity index (χ3v) is 3.02. The molecule has 1 fully saturated rings. The number of carbonyl (C=O) groups is 1. The Bertz CT molecular complexity index is 371. The van der Waals surface area contributed by atoms with Crippen LogP contribution in [0.3, 0.4) is 0 Å². The molecule has 1 saturated heterocycles. The first-order valence-electron chi connectivity index (χ1n) is 5.29. The van der Waals surface area contributed by atoms with Crippen molar-refractivity contribution in [3.63, 3.8) is 0 Å². The summed E-state index contributed by atoms with van der Waals surface area (Å²) in [6.07, 6.45) is -6.26. The third kappa shape index (κ3) is 4.48. The number of ether oxygens (including phenoxy) is 1. The lowest BCUT2D eigenvalue weighted by atomic mass is 9.97. The minimum atomic E-state index is -4.95. The summed E-state index contributed by atoms with van der Waals surface area (Å²) in [5.74, 6) is -0.593. The molecule has 1 heterocycles. The van der Waals surface area contributed by atoms with Gasteiger partial charge in [-0.05, 0) is 0 Å². The summed E-state index contributed by atoms with van der Waals surface area (Å²) >= 11 is 0. The molecule has 1 aliphatic heterocycles. The number of aliphatic hydroxyl groups excluding tert-OH is 3. The van der Waals surface area contributed by atoms with Crippen LogP contribution in [-0.4, -0.2) is 68.3 Å². The van der Waals surface area contributed by atoms with Gasteiger partial charge in [-0.25, -0.2) is 4.57 Å². The Kier molecular flexibility index (Phi) is 5.42. The third-order valence-electron chi connectivity index (χ3n) is 2.50. The zero-order valence-electron chi connectivity index (χ0n) is 9.91. The molecule has 6 N–H and O–H groups in total. The second kappa shape index (κ2) is 6.25. The lowest BCUT2D eigenvalue weighted by molar-refractivity contribution is -0.250. The SMILES string of the molecule is CC(=O)NC1C(O)OC(CO)C(OP(=O)(O)O)C1O. The van der Waals surface area contributed by atoms with Crippen LogP contribution in [0, 0.1) is 0 Å². The van der Waals surface area contributed by atoms with E-state index in [0.717, 1.165) is 6.92 Å². The maximum atomic E-state index is 10.9. The fraction of sp³-hybridized carbons (Fsp3) is 0.875. The average Bonchev–Trinajstić information content (AvgIpc) is 2.26. The number of aliphatic hydroxyl groups is 3. The maximum Gasteiger partial charge on any atom is 0.470 e. The molecule has 0 aromatic heterocycles. The van der Waals surface area contributed by atoms with Crippen molar-refractivity contribution in [1.82, 2.24) is 5.32 Å². The molecule has 0 spiro atoms. The molecule has 11 heteroatoms. The summed E-state index contributed by atoms with van der Waals surface area (Å²) < 4.78 is 20.0. The first-order chi connectivity index (χ1) is 8.65. The van der Waals surface area contributed by atoms with Crippen molar-refractivity contribution in [3.8, 4) is 0 Å². The Balaban J connectivity index is 2.91. The fourth-order valence-electron chi connectivity index (χ4n) is 1.76. The van der Waals surface area contributed by atoms with Crippen molar-refractivity contribution in [3.05, 3.63) is 0 Å². The van der Waals surface area contributed by atoms with Crippen molar-refractivity contribution in [2.24, 2.45) is 0 Å². The zero-order valence-corrected chi connectivity index (χ0v) is 10.8. The van der Waals surface area contributed by atoms with Crippen LogP contribution in [-0.2, 0) is 18.6 Å². The predicted octanol–water partition coefficient (Wildman–Crippen LogP) is -2.96. The molecule has 0 radical (unpaired) electrons. The number of hydrogen-bond acceptors (Lipinski definition) is 7. The van der Waals surface area contributed by atoms with Gasteiger partial charge in [0, 0.05) is 6.92 Å². The van der Waals surface area contributed by atoms with Crippen LogP contribution in [0.25, 0.3) is 0 Å². The van der Waals surface area contributed by atoms with Crippen LogP contribution >= 0.6 is 7.82 Å². The van der Waals surface area contributed by atoms with Crippen LogP contribution in [0.15, 0.2) is 0 Å². The van der Waals surface area contributed by atoms with E-state index in [9.17, 15) is 19.6 Å². The average molecular weight is 301 g/mol. The largest absolute Gasteiger partial charge is 0.470 e. The fourth-order valence-corrected chi connectivity index (χ4v) is 2.34. The number of rotatable bonds is 4. The molecule has 0 bridgehead atoms. The van der Waals surface area contributed by atoms with Gasteiger partial charge in [-0.1, -0.05) is 0 Å². The summed E-state index contributed by atoms with van der Waals surface area (Å²) in [4.78, 5) is 28.4. The number of hydrogen-bond donors (Lipinski definition) is 6. The number of phosphoric acid groups is 1. The summed E-state index contributed by atoms with van der Waals surface area (Å²) in [5.41, 5.74) is 0. The molecule has 0 aromatic rings. The molecule has 0 saturated carbocycles. The molecule has 5 unspecified atom stereocenters. The lowest BCUT2D eigenvalue weighted by Gasteiger charge is -2.41. The minimum Gasteiger partial charge on any atom is -0.394 e. The molecule has 19 heavy (non-hydrogen) atoms. The molecular formula is C8H16NO9P. The van der Waals surface area contributed by atoms with E-state index < -0.39 is 51.0 Å². The highest BCUT2D eigenvalue weighted by molar-refractivity contribution is 7.46. The topological polar surface area (TPSA) is 166 Å². The van der Waals surface area contributed by atoms with Gasteiger partial charge in [-0.3, -0.25) is 9.32 Å². The first-order valence-corrected chi connectivity index (χ1v) is 6.82. The van der Waals surface area contributed by atoms with Gasteiger partial charge < -0.3 is 35.2 Å². The van der Waals surface area contributed by atoms with E-state index in [0.29, 0.717) is 0 Å². The lowest BCUT2D eigenvalue weighted by Crippen LogP contribution is -2.64. The monoisotopic (exact) mass is 301 g/mol. The Labute approximate surface area is 108 Å². The summed E-state index contributed by atoms with van der Waals surface area (Å²) in [7, 11) is -4.95.